The zero-order valence-corrected chi connectivity index (χ0v) is 12.6. The van der Waals surface area contributed by atoms with Crippen LogP contribution in [-0.4, -0.2) is 49.3 Å². The van der Waals surface area contributed by atoms with Crippen molar-refractivity contribution in [2.75, 3.05) is 26.2 Å². The lowest BCUT2D eigenvalue weighted by Gasteiger charge is -2.37. The van der Waals surface area contributed by atoms with Gasteiger partial charge in [-0.25, -0.2) is 0 Å². The van der Waals surface area contributed by atoms with Crippen molar-refractivity contribution >= 4 is 0 Å². The Balaban J connectivity index is 1.50. The van der Waals surface area contributed by atoms with Gasteiger partial charge in [0, 0.05) is 25.2 Å². The molecule has 3 heteroatoms. The minimum Gasteiger partial charge on any atom is -0.376 e. The van der Waals surface area contributed by atoms with Gasteiger partial charge in [0.05, 0.1) is 6.10 Å². The van der Waals surface area contributed by atoms with Crippen molar-refractivity contribution in [2.24, 2.45) is 11.8 Å². The fraction of sp³-hybridized carbons (Fsp3) is 1.00. The Morgan fingerprint density at radius 3 is 2.84 bits per heavy atom. The molecule has 1 N–H and O–H groups in total. The Kier molecular flexibility index (Phi) is 4.45. The van der Waals surface area contributed by atoms with Gasteiger partial charge in [0.15, 0.2) is 0 Å². The van der Waals surface area contributed by atoms with Gasteiger partial charge >= 0.3 is 0 Å². The summed E-state index contributed by atoms with van der Waals surface area (Å²) < 4.78 is 5.95. The third-order valence-electron chi connectivity index (χ3n) is 5.40. The van der Waals surface area contributed by atoms with E-state index in [0.717, 1.165) is 18.4 Å². The van der Waals surface area contributed by atoms with Gasteiger partial charge in [-0.3, -0.25) is 0 Å². The van der Waals surface area contributed by atoms with Gasteiger partial charge < -0.3 is 15.0 Å². The molecular formula is C16H30N2O. The molecule has 0 spiro atoms. The molecule has 4 unspecified atom stereocenters. The Labute approximate surface area is 118 Å². The van der Waals surface area contributed by atoms with Gasteiger partial charge in [0.25, 0.3) is 0 Å². The summed E-state index contributed by atoms with van der Waals surface area (Å²) in [7, 11) is 0. The third-order valence-corrected chi connectivity index (χ3v) is 5.40. The topological polar surface area (TPSA) is 24.5 Å². The molecule has 0 aromatic rings. The molecule has 0 radical (unpaired) electrons. The first-order valence-electron chi connectivity index (χ1n) is 8.38. The van der Waals surface area contributed by atoms with Crippen LogP contribution in [0.3, 0.4) is 0 Å². The second-order valence-electron chi connectivity index (χ2n) is 6.82. The van der Waals surface area contributed by atoms with Crippen LogP contribution in [0.1, 0.15) is 46.0 Å². The average Bonchev–Trinajstić information content (AvgIpc) is 3.19. The molecule has 4 atom stereocenters. The van der Waals surface area contributed by atoms with E-state index in [1.807, 2.05) is 0 Å². The predicted molar refractivity (Wildman–Crippen MR) is 78.3 cm³/mol. The number of hydrogen-bond donors (Lipinski definition) is 1. The first kappa shape index (κ1) is 13.8. The molecule has 3 rings (SSSR count). The summed E-state index contributed by atoms with van der Waals surface area (Å²) in [6.45, 7) is 9.45. The maximum Gasteiger partial charge on any atom is 0.0757 e. The molecule has 3 nitrogen and oxygen atoms in total. The van der Waals surface area contributed by atoms with E-state index in [4.69, 9.17) is 4.74 Å². The molecule has 3 aliphatic rings. The van der Waals surface area contributed by atoms with Gasteiger partial charge in [-0.05, 0) is 64.0 Å². The lowest BCUT2D eigenvalue weighted by atomic mass is 9.90. The SMILES string of the molecule is CCN1CCCC(C(C)NC2CCOC2C2CC2)C1. The number of hydrogen-bond acceptors (Lipinski definition) is 3. The van der Waals surface area contributed by atoms with Crippen molar-refractivity contribution in [3.63, 3.8) is 0 Å². The summed E-state index contributed by atoms with van der Waals surface area (Å²) in [5, 5.41) is 3.91. The van der Waals surface area contributed by atoms with Crippen molar-refractivity contribution in [1.29, 1.82) is 0 Å². The zero-order chi connectivity index (χ0) is 13.2. The monoisotopic (exact) mass is 266 g/mol. The first-order valence-corrected chi connectivity index (χ1v) is 8.38. The molecule has 1 aliphatic carbocycles. The summed E-state index contributed by atoms with van der Waals surface area (Å²) in [5.74, 6) is 1.69. The summed E-state index contributed by atoms with van der Waals surface area (Å²) in [4.78, 5) is 2.61. The highest BCUT2D eigenvalue weighted by atomic mass is 16.5. The molecule has 3 fully saturated rings. The number of rotatable bonds is 5. The first-order chi connectivity index (χ1) is 9.28. The minimum absolute atomic E-state index is 0.522. The maximum atomic E-state index is 5.95. The van der Waals surface area contributed by atoms with Crippen LogP contribution in [0.2, 0.25) is 0 Å². The van der Waals surface area contributed by atoms with E-state index in [-0.39, 0.29) is 0 Å². The summed E-state index contributed by atoms with van der Waals surface area (Å²) in [6, 6.07) is 1.27. The molecule has 0 bridgehead atoms. The van der Waals surface area contributed by atoms with Gasteiger partial charge in [-0.1, -0.05) is 6.92 Å². The molecular weight excluding hydrogens is 236 g/mol. The standard InChI is InChI=1S/C16H30N2O/c1-3-18-9-4-5-14(11-18)12(2)17-15-8-10-19-16(15)13-6-7-13/h12-17H,3-11H2,1-2H3. The van der Waals surface area contributed by atoms with Crippen LogP contribution in [0.25, 0.3) is 0 Å². The fourth-order valence-electron chi connectivity index (χ4n) is 3.94. The van der Waals surface area contributed by atoms with Crippen LogP contribution >= 0.6 is 0 Å². The van der Waals surface area contributed by atoms with Gasteiger partial charge in [-0.2, -0.15) is 0 Å². The predicted octanol–water partition coefficient (Wildman–Crippen LogP) is 2.26. The molecule has 0 amide bonds. The summed E-state index contributed by atoms with van der Waals surface area (Å²) >= 11 is 0. The van der Waals surface area contributed by atoms with Gasteiger partial charge in [0.1, 0.15) is 0 Å². The van der Waals surface area contributed by atoms with Crippen LogP contribution in [0.4, 0.5) is 0 Å². The highest BCUT2D eigenvalue weighted by molar-refractivity contribution is 4.95. The molecule has 19 heavy (non-hydrogen) atoms. The van der Waals surface area contributed by atoms with Crippen LogP contribution < -0.4 is 5.32 Å². The molecule has 2 aliphatic heterocycles. The van der Waals surface area contributed by atoms with Crippen LogP contribution in [0.15, 0.2) is 0 Å². The van der Waals surface area contributed by atoms with E-state index in [1.54, 1.807) is 0 Å². The molecule has 1 saturated carbocycles. The van der Waals surface area contributed by atoms with Crippen LogP contribution in [0, 0.1) is 11.8 Å². The lowest BCUT2D eigenvalue weighted by Crippen LogP contribution is -2.49. The van der Waals surface area contributed by atoms with E-state index in [1.165, 1.54) is 51.7 Å². The van der Waals surface area contributed by atoms with Crippen LogP contribution in [0.5, 0.6) is 0 Å². The largest absolute Gasteiger partial charge is 0.376 e. The van der Waals surface area contributed by atoms with Gasteiger partial charge in [0.2, 0.25) is 0 Å². The van der Waals surface area contributed by atoms with E-state index < -0.39 is 0 Å². The van der Waals surface area contributed by atoms with E-state index >= 15 is 0 Å². The molecule has 2 heterocycles. The Bertz CT molecular complexity index is 292. The Morgan fingerprint density at radius 2 is 2.11 bits per heavy atom. The lowest BCUT2D eigenvalue weighted by molar-refractivity contribution is 0.0740. The highest BCUT2D eigenvalue weighted by Crippen LogP contribution is 2.39. The van der Waals surface area contributed by atoms with Crippen molar-refractivity contribution in [3.05, 3.63) is 0 Å². The van der Waals surface area contributed by atoms with Crippen molar-refractivity contribution in [2.45, 2.75) is 64.1 Å². The Morgan fingerprint density at radius 1 is 1.26 bits per heavy atom. The highest BCUT2D eigenvalue weighted by Gasteiger charge is 2.41. The van der Waals surface area contributed by atoms with Crippen molar-refractivity contribution in [3.8, 4) is 0 Å². The van der Waals surface area contributed by atoms with E-state index in [2.05, 4.69) is 24.1 Å². The fourth-order valence-corrected chi connectivity index (χ4v) is 3.94. The number of likely N-dealkylation sites (tertiary alicyclic amines) is 1. The Hall–Kier alpha value is -0.120. The average molecular weight is 266 g/mol. The summed E-state index contributed by atoms with van der Waals surface area (Å²) in [6.07, 6.45) is 7.29. The summed E-state index contributed by atoms with van der Waals surface area (Å²) in [5.41, 5.74) is 0. The molecule has 0 aromatic carbocycles. The normalized spacial score (nSPS) is 38.5. The van der Waals surface area contributed by atoms with E-state index in [0.29, 0.717) is 18.2 Å². The zero-order valence-electron chi connectivity index (χ0n) is 12.6. The number of ether oxygens (including phenoxy) is 1. The van der Waals surface area contributed by atoms with Crippen molar-refractivity contribution in [1.82, 2.24) is 10.2 Å². The second-order valence-corrected chi connectivity index (χ2v) is 6.82. The number of nitrogens with zero attached hydrogens (tertiary/aromatic N) is 1. The van der Waals surface area contributed by atoms with Crippen molar-refractivity contribution < 1.29 is 4.74 Å². The smallest absolute Gasteiger partial charge is 0.0757 e. The van der Waals surface area contributed by atoms with Crippen LogP contribution in [-0.2, 0) is 4.74 Å². The second kappa shape index (κ2) is 6.11. The minimum atomic E-state index is 0.522. The quantitative estimate of drug-likeness (QED) is 0.826. The van der Waals surface area contributed by atoms with E-state index in [9.17, 15) is 0 Å². The molecule has 110 valence electrons. The number of piperidine rings is 1. The molecule has 2 saturated heterocycles. The maximum absolute atomic E-state index is 5.95. The third kappa shape index (κ3) is 3.32. The number of nitrogens with one attached hydrogen (secondary N) is 1. The molecule has 0 aromatic heterocycles. The van der Waals surface area contributed by atoms with Gasteiger partial charge in [-0.15, -0.1) is 0 Å².